The van der Waals surface area contributed by atoms with E-state index in [4.69, 9.17) is 0 Å². The maximum atomic E-state index is 12.3. The molecule has 1 saturated carbocycles. The van der Waals surface area contributed by atoms with Crippen LogP contribution >= 0.6 is 0 Å². The van der Waals surface area contributed by atoms with E-state index in [-0.39, 0.29) is 30.2 Å². The lowest BCUT2D eigenvalue weighted by atomic mass is 10.0. The molecule has 2 unspecified atom stereocenters. The van der Waals surface area contributed by atoms with Crippen molar-refractivity contribution in [3.8, 4) is 0 Å². The molecule has 2 fully saturated rings. The molecule has 1 aliphatic carbocycles. The molecule has 22 heavy (non-hydrogen) atoms. The maximum absolute atomic E-state index is 12.3. The largest absolute Gasteiger partial charge is 0.480 e. The van der Waals surface area contributed by atoms with E-state index >= 15 is 0 Å². The van der Waals surface area contributed by atoms with Crippen LogP contribution in [0, 0.1) is 11.8 Å². The molecule has 2 N–H and O–H groups in total. The summed E-state index contributed by atoms with van der Waals surface area (Å²) in [5, 5.41) is 11.8. The first-order valence-corrected chi connectivity index (χ1v) is 8.21. The number of carbonyl (C=O) groups is 3. The molecule has 6 heteroatoms. The van der Waals surface area contributed by atoms with Crippen molar-refractivity contribution < 1.29 is 19.5 Å². The quantitative estimate of drug-likeness (QED) is 0.776. The average molecular weight is 310 g/mol. The Morgan fingerprint density at radius 3 is 2.50 bits per heavy atom. The molecule has 124 valence electrons. The van der Waals surface area contributed by atoms with Crippen LogP contribution in [-0.4, -0.2) is 46.4 Å². The third kappa shape index (κ3) is 3.99. The van der Waals surface area contributed by atoms with Crippen molar-refractivity contribution in [1.82, 2.24) is 10.2 Å². The van der Waals surface area contributed by atoms with E-state index in [0.29, 0.717) is 13.0 Å². The Balaban J connectivity index is 1.92. The lowest BCUT2D eigenvalue weighted by molar-refractivity contribution is -0.142. The van der Waals surface area contributed by atoms with E-state index in [2.05, 4.69) is 5.32 Å². The zero-order valence-electron chi connectivity index (χ0n) is 13.4. The number of carboxylic acids is 1. The molecule has 0 spiro atoms. The van der Waals surface area contributed by atoms with Crippen LogP contribution in [0.25, 0.3) is 0 Å². The minimum atomic E-state index is -1.01. The fourth-order valence-electron chi connectivity index (χ4n) is 3.46. The third-order valence-corrected chi connectivity index (χ3v) is 4.62. The van der Waals surface area contributed by atoms with Crippen molar-refractivity contribution in [1.29, 1.82) is 0 Å². The van der Waals surface area contributed by atoms with E-state index in [9.17, 15) is 19.5 Å². The predicted molar refractivity (Wildman–Crippen MR) is 81.1 cm³/mol. The summed E-state index contributed by atoms with van der Waals surface area (Å²) in [4.78, 5) is 37.5. The van der Waals surface area contributed by atoms with Crippen molar-refractivity contribution in [2.45, 2.75) is 64.5 Å². The van der Waals surface area contributed by atoms with Crippen molar-refractivity contribution in [2.24, 2.45) is 11.8 Å². The van der Waals surface area contributed by atoms with Gasteiger partial charge in [-0.05, 0) is 25.2 Å². The van der Waals surface area contributed by atoms with E-state index in [1.165, 1.54) is 0 Å². The van der Waals surface area contributed by atoms with Crippen LogP contribution in [0.2, 0.25) is 0 Å². The van der Waals surface area contributed by atoms with Crippen molar-refractivity contribution >= 4 is 17.8 Å². The molecule has 0 aromatic rings. The zero-order valence-corrected chi connectivity index (χ0v) is 13.4. The summed E-state index contributed by atoms with van der Waals surface area (Å²) in [5.74, 6) is -1.52. The second-order valence-corrected chi connectivity index (χ2v) is 6.91. The molecule has 0 radical (unpaired) electrons. The Bertz CT molecular complexity index is 443. The highest BCUT2D eigenvalue weighted by Gasteiger charge is 2.39. The molecule has 2 aliphatic rings. The van der Waals surface area contributed by atoms with Gasteiger partial charge in [-0.2, -0.15) is 0 Å². The van der Waals surface area contributed by atoms with Crippen LogP contribution < -0.4 is 5.32 Å². The lowest BCUT2D eigenvalue weighted by Gasteiger charge is -2.24. The molecule has 2 atom stereocenters. The van der Waals surface area contributed by atoms with E-state index < -0.39 is 17.9 Å². The van der Waals surface area contributed by atoms with E-state index in [1.807, 2.05) is 18.7 Å². The summed E-state index contributed by atoms with van der Waals surface area (Å²) in [6, 6.07) is -0.598. The van der Waals surface area contributed by atoms with Crippen LogP contribution in [0.5, 0.6) is 0 Å². The molecule has 2 rings (SSSR count). The second-order valence-electron chi connectivity index (χ2n) is 6.91. The summed E-state index contributed by atoms with van der Waals surface area (Å²) in [6.07, 6.45) is 4.92. The fourth-order valence-corrected chi connectivity index (χ4v) is 3.46. The van der Waals surface area contributed by atoms with Crippen molar-refractivity contribution in [2.75, 3.05) is 6.54 Å². The summed E-state index contributed by atoms with van der Waals surface area (Å²) >= 11 is 0. The molecule has 0 aromatic heterocycles. The highest BCUT2D eigenvalue weighted by molar-refractivity contribution is 5.91. The molecular weight excluding hydrogens is 284 g/mol. The SMILES string of the molecule is CC(C)CC(NC(=O)C1CC(=O)N(C2CCCC2)C1)C(=O)O. The van der Waals surface area contributed by atoms with Crippen LogP contribution in [0.15, 0.2) is 0 Å². The molecule has 0 bridgehead atoms. The number of hydrogen-bond donors (Lipinski definition) is 2. The highest BCUT2D eigenvalue weighted by atomic mass is 16.4. The number of likely N-dealkylation sites (tertiary alicyclic amines) is 1. The third-order valence-electron chi connectivity index (χ3n) is 4.62. The minimum Gasteiger partial charge on any atom is -0.480 e. The number of nitrogens with zero attached hydrogens (tertiary/aromatic N) is 1. The monoisotopic (exact) mass is 310 g/mol. The number of rotatable bonds is 6. The Morgan fingerprint density at radius 2 is 1.95 bits per heavy atom. The number of amides is 2. The Kier molecular flexibility index (Phi) is 5.42. The van der Waals surface area contributed by atoms with Crippen LogP contribution in [0.3, 0.4) is 0 Å². The van der Waals surface area contributed by atoms with Gasteiger partial charge in [0.25, 0.3) is 0 Å². The molecule has 1 saturated heterocycles. The fraction of sp³-hybridized carbons (Fsp3) is 0.812. The zero-order chi connectivity index (χ0) is 16.3. The van der Waals surface area contributed by atoms with Crippen molar-refractivity contribution in [3.05, 3.63) is 0 Å². The minimum absolute atomic E-state index is 0.0304. The van der Waals surface area contributed by atoms with Gasteiger partial charge in [0.15, 0.2) is 0 Å². The van der Waals surface area contributed by atoms with Crippen molar-refractivity contribution in [3.63, 3.8) is 0 Å². The van der Waals surface area contributed by atoms with Gasteiger partial charge >= 0.3 is 5.97 Å². The average Bonchev–Trinajstić information content (AvgIpc) is 3.05. The maximum Gasteiger partial charge on any atom is 0.326 e. The number of aliphatic carboxylic acids is 1. The first-order valence-electron chi connectivity index (χ1n) is 8.21. The summed E-state index contributed by atoms with van der Waals surface area (Å²) < 4.78 is 0. The first kappa shape index (κ1) is 16.8. The van der Waals surface area contributed by atoms with E-state index in [1.54, 1.807) is 0 Å². The van der Waals surface area contributed by atoms with Crippen LogP contribution in [-0.2, 0) is 14.4 Å². The number of carboxylic acid groups (broad SMARTS) is 1. The summed E-state index contributed by atoms with van der Waals surface area (Å²) in [7, 11) is 0. The number of hydrogen-bond acceptors (Lipinski definition) is 3. The summed E-state index contributed by atoms with van der Waals surface area (Å²) in [5.41, 5.74) is 0. The number of nitrogens with one attached hydrogen (secondary N) is 1. The molecule has 6 nitrogen and oxygen atoms in total. The molecular formula is C16H26N2O4. The molecule has 1 heterocycles. The highest BCUT2D eigenvalue weighted by Crippen LogP contribution is 2.29. The Morgan fingerprint density at radius 1 is 1.32 bits per heavy atom. The van der Waals surface area contributed by atoms with Crippen LogP contribution in [0.4, 0.5) is 0 Å². The van der Waals surface area contributed by atoms with Gasteiger partial charge in [-0.1, -0.05) is 26.7 Å². The van der Waals surface area contributed by atoms with Gasteiger partial charge in [0, 0.05) is 19.0 Å². The van der Waals surface area contributed by atoms with Gasteiger partial charge in [-0.15, -0.1) is 0 Å². The predicted octanol–water partition coefficient (Wildman–Crippen LogP) is 1.39. The second kappa shape index (κ2) is 7.11. The molecule has 2 amide bonds. The van der Waals surface area contributed by atoms with Gasteiger partial charge in [-0.25, -0.2) is 4.79 Å². The van der Waals surface area contributed by atoms with Gasteiger partial charge in [0.05, 0.1) is 5.92 Å². The first-order chi connectivity index (χ1) is 10.4. The summed E-state index contributed by atoms with van der Waals surface area (Å²) in [6.45, 7) is 4.27. The van der Waals surface area contributed by atoms with Gasteiger partial charge < -0.3 is 15.3 Å². The molecule has 1 aliphatic heterocycles. The topological polar surface area (TPSA) is 86.7 Å². The van der Waals surface area contributed by atoms with E-state index in [0.717, 1.165) is 25.7 Å². The Hall–Kier alpha value is -1.59. The lowest BCUT2D eigenvalue weighted by Crippen LogP contribution is -2.45. The van der Waals surface area contributed by atoms with Gasteiger partial charge in [-0.3, -0.25) is 9.59 Å². The van der Waals surface area contributed by atoms with Gasteiger partial charge in [0.1, 0.15) is 6.04 Å². The van der Waals surface area contributed by atoms with Crippen LogP contribution in [0.1, 0.15) is 52.4 Å². The molecule has 0 aromatic carbocycles. The smallest absolute Gasteiger partial charge is 0.326 e. The number of carbonyl (C=O) groups excluding carboxylic acids is 2. The van der Waals surface area contributed by atoms with Gasteiger partial charge in [0.2, 0.25) is 11.8 Å². The Labute approximate surface area is 131 Å². The normalized spacial score (nSPS) is 24.0. The standard InChI is InChI=1S/C16H26N2O4/c1-10(2)7-13(16(21)22)17-15(20)11-8-14(19)18(9-11)12-5-3-4-6-12/h10-13H,3-9H2,1-2H3,(H,17,20)(H,21,22).